The van der Waals surface area contributed by atoms with E-state index in [0.29, 0.717) is 21.4 Å². The fourth-order valence-corrected chi connectivity index (χ4v) is 6.22. The molecule has 0 aromatic heterocycles. The molecular formula is C29H30ClN3O5S. The Bertz CT molecular complexity index is 1460. The van der Waals surface area contributed by atoms with Gasteiger partial charge in [0.25, 0.3) is 15.9 Å². The van der Waals surface area contributed by atoms with Crippen molar-refractivity contribution in [2.24, 2.45) is 0 Å². The first-order valence-corrected chi connectivity index (χ1v) is 14.6. The van der Waals surface area contributed by atoms with Crippen LogP contribution in [0.5, 0.6) is 0 Å². The molecule has 1 unspecified atom stereocenters. The lowest BCUT2D eigenvalue weighted by atomic mass is 10.0. The maximum absolute atomic E-state index is 13.9. The summed E-state index contributed by atoms with van der Waals surface area (Å²) in [6.45, 7) is 1.71. The Morgan fingerprint density at radius 2 is 1.67 bits per heavy atom. The average molecular weight is 568 g/mol. The first-order chi connectivity index (χ1) is 18.7. The molecule has 8 nitrogen and oxygen atoms in total. The molecule has 1 aliphatic heterocycles. The van der Waals surface area contributed by atoms with Crippen LogP contribution >= 0.6 is 11.6 Å². The summed E-state index contributed by atoms with van der Waals surface area (Å²) < 4.78 is 26.9. The lowest BCUT2D eigenvalue weighted by Gasteiger charge is -2.32. The van der Waals surface area contributed by atoms with Crippen LogP contribution in [0.15, 0.2) is 83.8 Å². The number of hydrogen-bond acceptors (Lipinski definition) is 5. The smallest absolute Gasteiger partial charge is 0.269 e. The number of unbranched alkanes of at least 4 members (excludes halogenated alkanes) is 1. The van der Waals surface area contributed by atoms with Gasteiger partial charge < -0.3 is 10.2 Å². The number of hydrogen-bond donors (Lipinski definition) is 1. The van der Waals surface area contributed by atoms with Crippen molar-refractivity contribution >= 4 is 39.3 Å². The van der Waals surface area contributed by atoms with Crippen molar-refractivity contribution in [1.82, 2.24) is 14.5 Å². The van der Waals surface area contributed by atoms with E-state index in [2.05, 4.69) is 5.32 Å². The fourth-order valence-electron chi connectivity index (χ4n) is 4.49. The second-order valence-corrected chi connectivity index (χ2v) is 11.6. The van der Waals surface area contributed by atoms with Gasteiger partial charge in [-0.3, -0.25) is 14.4 Å². The van der Waals surface area contributed by atoms with Gasteiger partial charge >= 0.3 is 0 Å². The standard InChI is InChI=1S/C29H30ClN3O5S/c1-2-3-16-31-28(35)25(18-21-10-5-4-6-11-21)32(19-22-12-9-13-23(30)17-22)27(34)20-33-29(36)24-14-7-8-15-26(24)39(33,37)38/h4-15,17,25H,2-3,16,18-20H2,1H3,(H,31,35). The van der Waals surface area contributed by atoms with E-state index in [1.807, 2.05) is 37.3 Å². The normalized spacial score (nSPS) is 14.5. The summed E-state index contributed by atoms with van der Waals surface area (Å²) in [5.74, 6) is -1.80. The highest BCUT2D eigenvalue weighted by molar-refractivity contribution is 7.90. The Morgan fingerprint density at radius 3 is 2.36 bits per heavy atom. The van der Waals surface area contributed by atoms with Gasteiger partial charge in [0.05, 0.1) is 5.56 Å². The third-order valence-corrected chi connectivity index (χ3v) is 8.56. The predicted molar refractivity (Wildman–Crippen MR) is 149 cm³/mol. The van der Waals surface area contributed by atoms with E-state index in [9.17, 15) is 22.8 Å². The van der Waals surface area contributed by atoms with Crippen LogP contribution in [-0.4, -0.2) is 54.5 Å². The molecule has 204 valence electrons. The van der Waals surface area contributed by atoms with Crippen molar-refractivity contribution in [2.45, 2.75) is 43.7 Å². The van der Waals surface area contributed by atoms with Crippen LogP contribution in [0.25, 0.3) is 0 Å². The molecule has 3 amide bonds. The molecule has 0 bridgehead atoms. The Labute approximate surface area is 233 Å². The lowest BCUT2D eigenvalue weighted by molar-refractivity contribution is -0.141. The number of fused-ring (bicyclic) bond motifs is 1. The fraction of sp³-hybridized carbons (Fsp3) is 0.276. The van der Waals surface area contributed by atoms with Crippen LogP contribution in [0.3, 0.4) is 0 Å². The molecular weight excluding hydrogens is 538 g/mol. The number of sulfonamides is 1. The maximum Gasteiger partial charge on any atom is 0.269 e. The first kappa shape index (κ1) is 28.3. The summed E-state index contributed by atoms with van der Waals surface area (Å²) in [7, 11) is -4.21. The Kier molecular flexibility index (Phi) is 9.04. The minimum absolute atomic E-state index is 0.00683. The number of rotatable bonds is 11. The zero-order valence-electron chi connectivity index (χ0n) is 21.5. The number of carbonyl (C=O) groups excluding carboxylic acids is 3. The summed E-state index contributed by atoms with van der Waals surface area (Å²) in [6, 6.07) is 21.1. The summed E-state index contributed by atoms with van der Waals surface area (Å²) in [4.78, 5) is 41.6. The molecule has 0 spiro atoms. The SMILES string of the molecule is CCCCNC(=O)C(Cc1ccccc1)N(Cc1cccc(Cl)c1)C(=O)CN1C(=O)c2ccccc2S1(=O)=O. The van der Waals surface area contributed by atoms with E-state index in [1.165, 1.54) is 23.1 Å². The molecule has 3 aromatic carbocycles. The van der Waals surface area contributed by atoms with Crippen LogP contribution in [0.2, 0.25) is 5.02 Å². The molecule has 4 rings (SSSR count). The van der Waals surface area contributed by atoms with E-state index < -0.39 is 34.4 Å². The highest BCUT2D eigenvalue weighted by Crippen LogP contribution is 2.30. The molecule has 39 heavy (non-hydrogen) atoms. The zero-order valence-corrected chi connectivity index (χ0v) is 23.1. The van der Waals surface area contributed by atoms with Crippen LogP contribution < -0.4 is 5.32 Å². The second kappa shape index (κ2) is 12.4. The molecule has 0 radical (unpaired) electrons. The number of benzene rings is 3. The van der Waals surface area contributed by atoms with Gasteiger partial charge in [0.1, 0.15) is 17.5 Å². The highest BCUT2D eigenvalue weighted by atomic mass is 35.5. The highest BCUT2D eigenvalue weighted by Gasteiger charge is 2.43. The quantitative estimate of drug-likeness (QED) is 0.352. The van der Waals surface area contributed by atoms with Gasteiger partial charge in [0.15, 0.2) is 0 Å². The number of nitrogens with one attached hydrogen (secondary N) is 1. The van der Waals surface area contributed by atoms with E-state index in [-0.39, 0.29) is 29.3 Å². The number of halogens is 1. The van der Waals surface area contributed by atoms with Crippen LogP contribution in [0.1, 0.15) is 41.3 Å². The van der Waals surface area contributed by atoms with Crippen molar-refractivity contribution < 1.29 is 22.8 Å². The van der Waals surface area contributed by atoms with Gasteiger partial charge in [-0.1, -0.05) is 79.5 Å². The topological polar surface area (TPSA) is 104 Å². The molecule has 0 aliphatic carbocycles. The monoisotopic (exact) mass is 567 g/mol. The number of amides is 3. The molecule has 0 saturated carbocycles. The third kappa shape index (κ3) is 6.49. The maximum atomic E-state index is 13.9. The molecule has 1 N–H and O–H groups in total. The van der Waals surface area contributed by atoms with Crippen molar-refractivity contribution in [1.29, 1.82) is 0 Å². The van der Waals surface area contributed by atoms with Crippen molar-refractivity contribution in [2.75, 3.05) is 13.1 Å². The number of nitrogens with zero attached hydrogens (tertiary/aromatic N) is 2. The van der Waals surface area contributed by atoms with Gasteiger partial charge in [-0.05, 0) is 41.8 Å². The Balaban J connectivity index is 1.70. The molecule has 3 aromatic rings. The van der Waals surface area contributed by atoms with Crippen molar-refractivity contribution in [3.63, 3.8) is 0 Å². The summed E-state index contributed by atoms with van der Waals surface area (Å²) in [5, 5.41) is 3.37. The molecule has 1 heterocycles. The summed E-state index contributed by atoms with van der Waals surface area (Å²) in [5.41, 5.74) is 1.51. The largest absolute Gasteiger partial charge is 0.354 e. The molecule has 10 heteroatoms. The van der Waals surface area contributed by atoms with Crippen LogP contribution in [0.4, 0.5) is 0 Å². The van der Waals surface area contributed by atoms with E-state index in [4.69, 9.17) is 11.6 Å². The molecule has 1 atom stereocenters. The summed E-state index contributed by atoms with van der Waals surface area (Å²) in [6.07, 6.45) is 1.85. The average Bonchev–Trinajstić information content (AvgIpc) is 3.12. The minimum Gasteiger partial charge on any atom is -0.354 e. The molecule has 1 aliphatic rings. The van der Waals surface area contributed by atoms with Gasteiger partial charge in [0, 0.05) is 24.5 Å². The Hall–Kier alpha value is -3.69. The zero-order chi connectivity index (χ0) is 28.0. The third-order valence-electron chi connectivity index (χ3n) is 6.53. The van der Waals surface area contributed by atoms with E-state index in [0.717, 1.165) is 18.4 Å². The molecule has 0 saturated heterocycles. The first-order valence-electron chi connectivity index (χ1n) is 12.7. The lowest BCUT2D eigenvalue weighted by Crippen LogP contribution is -2.53. The van der Waals surface area contributed by atoms with Crippen molar-refractivity contribution in [3.05, 3.63) is 101 Å². The van der Waals surface area contributed by atoms with Gasteiger partial charge in [-0.2, -0.15) is 0 Å². The molecule has 0 fully saturated rings. The minimum atomic E-state index is -4.21. The van der Waals surface area contributed by atoms with Gasteiger partial charge in [-0.25, -0.2) is 12.7 Å². The second-order valence-electron chi connectivity index (χ2n) is 9.31. The van der Waals surface area contributed by atoms with E-state index in [1.54, 1.807) is 30.3 Å². The van der Waals surface area contributed by atoms with Gasteiger partial charge in [-0.15, -0.1) is 0 Å². The van der Waals surface area contributed by atoms with Crippen molar-refractivity contribution in [3.8, 4) is 0 Å². The van der Waals surface area contributed by atoms with Gasteiger partial charge in [0.2, 0.25) is 11.8 Å². The van der Waals surface area contributed by atoms with Crippen LogP contribution in [-0.2, 0) is 32.6 Å². The number of carbonyl (C=O) groups is 3. The Morgan fingerprint density at radius 1 is 0.974 bits per heavy atom. The van der Waals surface area contributed by atoms with E-state index >= 15 is 0 Å². The van der Waals surface area contributed by atoms with Crippen LogP contribution in [0, 0.1) is 0 Å². The predicted octanol–water partition coefficient (Wildman–Crippen LogP) is 4.04. The summed E-state index contributed by atoms with van der Waals surface area (Å²) >= 11 is 6.19.